The van der Waals surface area contributed by atoms with Gasteiger partial charge >= 0.3 is 0 Å². The van der Waals surface area contributed by atoms with Crippen LogP contribution in [0.15, 0.2) is 0 Å². The standard InChI is InChI=1S/C9H16O/c1-3-7-6(2)4-5-8-9(7)10-8/h6-9H,3-5H2,1-2H3. The van der Waals surface area contributed by atoms with E-state index in [2.05, 4.69) is 13.8 Å². The first-order valence-corrected chi connectivity index (χ1v) is 4.48. The minimum absolute atomic E-state index is 0.661. The Hall–Kier alpha value is -0.0400. The summed E-state index contributed by atoms with van der Waals surface area (Å²) in [6.45, 7) is 4.65. The van der Waals surface area contributed by atoms with Crippen molar-refractivity contribution in [3.63, 3.8) is 0 Å². The molecule has 4 atom stereocenters. The highest BCUT2D eigenvalue weighted by Crippen LogP contribution is 2.44. The van der Waals surface area contributed by atoms with Crippen LogP contribution in [-0.4, -0.2) is 12.2 Å². The topological polar surface area (TPSA) is 12.5 Å². The molecular formula is C9H16O. The molecule has 2 aliphatic rings. The molecule has 58 valence electrons. The lowest BCUT2D eigenvalue weighted by atomic mass is 9.79. The molecule has 0 radical (unpaired) electrons. The second-order valence-corrected chi connectivity index (χ2v) is 3.77. The summed E-state index contributed by atoms with van der Waals surface area (Å²) in [7, 11) is 0. The first-order chi connectivity index (χ1) is 4.83. The van der Waals surface area contributed by atoms with Gasteiger partial charge in [0.2, 0.25) is 0 Å². The summed E-state index contributed by atoms with van der Waals surface area (Å²) in [5, 5.41) is 0. The molecule has 0 spiro atoms. The van der Waals surface area contributed by atoms with E-state index < -0.39 is 0 Å². The summed E-state index contributed by atoms with van der Waals surface area (Å²) in [6, 6.07) is 0. The fraction of sp³-hybridized carbons (Fsp3) is 1.00. The van der Waals surface area contributed by atoms with E-state index in [1.807, 2.05) is 0 Å². The van der Waals surface area contributed by atoms with Gasteiger partial charge in [-0.25, -0.2) is 0 Å². The molecule has 1 nitrogen and oxygen atoms in total. The lowest BCUT2D eigenvalue weighted by Crippen LogP contribution is -2.23. The van der Waals surface area contributed by atoms with Gasteiger partial charge in [0.15, 0.2) is 0 Å². The normalized spacial score (nSPS) is 52.2. The molecular weight excluding hydrogens is 124 g/mol. The van der Waals surface area contributed by atoms with E-state index in [1.54, 1.807) is 0 Å². The number of hydrogen-bond acceptors (Lipinski definition) is 1. The van der Waals surface area contributed by atoms with E-state index >= 15 is 0 Å². The van der Waals surface area contributed by atoms with Crippen LogP contribution in [-0.2, 0) is 4.74 Å². The van der Waals surface area contributed by atoms with Crippen LogP contribution in [0.4, 0.5) is 0 Å². The summed E-state index contributed by atoms with van der Waals surface area (Å²) in [5.74, 6) is 1.78. The monoisotopic (exact) mass is 140 g/mol. The van der Waals surface area contributed by atoms with Crippen LogP contribution in [0, 0.1) is 11.8 Å². The molecule has 1 aliphatic heterocycles. The number of epoxide rings is 1. The third kappa shape index (κ3) is 0.878. The highest BCUT2D eigenvalue weighted by molar-refractivity contribution is 4.96. The van der Waals surface area contributed by atoms with Gasteiger partial charge in [-0.2, -0.15) is 0 Å². The molecule has 0 aromatic carbocycles. The largest absolute Gasteiger partial charge is 0.369 e. The van der Waals surface area contributed by atoms with Crippen molar-refractivity contribution in [1.29, 1.82) is 0 Å². The molecule has 0 aromatic heterocycles. The number of fused-ring (bicyclic) bond motifs is 1. The van der Waals surface area contributed by atoms with Gasteiger partial charge in [-0.05, 0) is 24.7 Å². The van der Waals surface area contributed by atoms with Gasteiger partial charge in [0, 0.05) is 0 Å². The Morgan fingerprint density at radius 3 is 2.80 bits per heavy atom. The second-order valence-electron chi connectivity index (χ2n) is 3.77. The van der Waals surface area contributed by atoms with Crippen molar-refractivity contribution in [1.82, 2.24) is 0 Å². The van der Waals surface area contributed by atoms with Crippen molar-refractivity contribution in [3.8, 4) is 0 Å². The van der Waals surface area contributed by atoms with Gasteiger partial charge in [0.05, 0.1) is 12.2 Å². The molecule has 1 saturated carbocycles. The molecule has 0 N–H and O–H groups in total. The van der Waals surface area contributed by atoms with E-state index in [0.717, 1.165) is 11.8 Å². The van der Waals surface area contributed by atoms with E-state index in [4.69, 9.17) is 4.74 Å². The van der Waals surface area contributed by atoms with Crippen LogP contribution in [0.25, 0.3) is 0 Å². The average Bonchev–Trinajstić information content (AvgIpc) is 2.66. The Morgan fingerprint density at radius 2 is 2.20 bits per heavy atom. The van der Waals surface area contributed by atoms with Crippen LogP contribution in [0.1, 0.15) is 33.1 Å². The molecule has 0 amide bonds. The van der Waals surface area contributed by atoms with Crippen molar-refractivity contribution in [2.45, 2.75) is 45.3 Å². The predicted octanol–water partition coefficient (Wildman–Crippen LogP) is 2.21. The van der Waals surface area contributed by atoms with Crippen molar-refractivity contribution < 1.29 is 4.74 Å². The third-order valence-corrected chi connectivity index (χ3v) is 3.15. The maximum Gasteiger partial charge on any atom is 0.0872 e. The average molecular weight is 140 g/mol. The van der Waals surface area contributed by atoms with Crippen LogP contribution < -0.4 is 0 Å². The summed E-state index contributed by atoms with van der Waals surface area (Å²) in [5.41, 5.74) is 0. The Morgan fingerprint density at radius 1 is 1.40 bits per heavy atom. The molecule has 10 heavy (non-hydrogen) atoms. The van der Waals surface area contributed by atoms with Crippen molar-refractivity contribution in [2.75, 3.05) is 0 Å². The van der Waals surface area contributed by atoms with Crippen LogP contribution in [0.5, 0.6) is 0 Å². The summed E-state index contributed by atoms with van der Waals surface area (Å²) in [4.78, 5) is 0. The predicted molar refractivity (Wildman–Crippen MR) is 40.8 cm³/mol. The fourth-order valence-corrected chi connectivity index (χ4v) is 2.37. The van der Waals surface area contributed by atoms with Crippen LogP contribution in [0.3, 0.4) is 0 Å². The lowest BCUT2D eigenvalue weighted by molar-refractivity contribution is 0.252. The summed E-state index contributed by atoms with van der Waals surface area (Å²) < 4.78 is 5.55. The lowest BCUT2D eigenvalue weighted by Gasteiger charge is -2.23. The highest BCUT2D eigenvalue weighted by Gasteiger charge is 2.48. The third-order valence-electron chi connectivity index (χ3n) is 3.15. The van der Waals surface area contributed by atoms with Crippen molar-refractivity contribution in [3.05, 3.63) is 0 Å². The molecule has 1 heterocycles. The molecule has 1 aliphatic carbocycles. The zero-order chi connectivity index (χ0) is 7.14. The zero-order valence-electron chi connectivity index (χ0n) is 6.84. The smallest absolute Gasteiger partial charge is 0.0872 e. The molecule has 2 rings (SSSR count). The first kappa shape index (κ1) is 6.66. The minimum atomic E-state index is 0.661. The van der Waals surface area contributed by atoms with Gasteiger partial charge in [0.25, 0.3) is 0 Å². The summed E-state index contributed by atoms with van der Waals surface area (Å²) >= 11 is 0. The minimum Gasteiger partial charge on any atom is -0.369 e. The SMILES string of the molecule is CCC1C(C)CCC2OC21. The van der Waals surface area contributed by atoms with Crippen molar-refractivity contribution >= 4 is 0 Å². The fourth-order valence-electron chi connectivity index (χ4n) is 2.37. The van der Waals surface area contributed by atoms with Crippen molar-refractivity contribution in [2.24, 2.45) is 11.8 Å². The van der Waals surface area contributed by atoms with Gasteiger partial charge in [-0.1, -0.05) is 20.3 Å². The molecule has 1 saturated heterocycles. The molecule has 1 heteroatoms. The maximum absolute atomic E-state index is 5.55. The highest BCUT2D eigenvalue weighted by atomic mass is 16.6. The van der Waals surface area contributed by atoms with E-state index in [-0.39, 0.29) is 0 Å². The molecule has 2 fully saturated rings. The van der Waals surface area contributed by atoms with Crippen LogP contribution >= 0.6 is 0 Å². The zero-order valence-corrected chi connectivity index (χ0v) is 6.84. The quantitative estimate of drug-likeness (QED) is 0.509. The van der Waals surface area contributed by atoms with Gasteiger partial charge in [-0.15, -0.1) is 0 Å². The Kier molecular flexibility index (Phi) is 1.48. The number of hydrogen-bond donors (Lipinski definition) is 0. The van der Waals surface area contributed by atoms with Gasteiger partial charge < -0.3 is 4.74 Å². The Bertz CT molecular complexity index is 131. The van der Waals surface area contributed by atoms with E-state index in [9.17, 15) is 0 Å². The van der Waals surface area contributed by atoms with Crippen LogP contribution in [0.2, 0.25) is 0 Å². The molecule has 4 unspecified atom stereocenters. The maximum atomic E-state index is 5.55. The molecule has 0 bridgehead atoms. The van der Waals surface area contributed by atoms with Gasteiger partial charge in [0.1, 0.15) is 0 Å². The second kappa shape index (κ2) is 2.23. The van der Waals surface area contributed by atoms with Gasteiger partial charge in [-0.3, -0.25) is 0 Å². The Labute approximate surface area is 62.8 Å². The van der Waals surface area contributed by atoms with E-state index in [0.29, 0.717) is 12.2 Å². The Balaban J connectivity index is 2.00. The van der Waals surface area contributed by atoms with E-state index in [1.165, 1.54) is 19.3 Å². The molecule has 0 aromatic rings. The summed E-state index contributed by atoms with van der Waals surface area (Å²) in [6.07, 6.45) is 5.35. The number of rotatable bonds is 1. The first-order valence-electron chi connectivity index (χ1n) is 4.48. The number of ether oxygens (including phenoxy) is 1.